The molecule has 0 saturated heterocycles. The van der Waals surface area contributed by atoms with E-state index in [4.69, 9.17) is 23.2 Å². The van der Waals surface area contributed by atoms with Gasteiger partial charge in [-0.25, -0.2) is 0 Å². The minimum Gasteiger partial charge on any atom is -0.381 e. The van der Waals surface area contributed by atoms with Gasteiger partial charge in [-0.05, 0) is 52.2 Å². The van der Waals surface area contributed by atoms with Gasteiger partial charge in [0.25, 0.3) is 5.69 Å². The number of hydrogen-bond acceptors (Lipinski definition) is 3. The second-order valence-electron chi connectivity index (χ2n) is 4.48. The number of nitrogens with one attached hydrogen (secondary N) is 1. The number of nitrogens with zero attached hydrogens (tertiary/aromatic N) is 1. The molecular weight excluding hydrogens is 379 g/mol. The molecular formula is C14H11BrCl2N2O2. The van der Waals surface area contributed by atoms with Crippen LogP contribution in [0.5, 0.6) is 0 Å². The lowest BCUT2D eigenvalue weighted by Gasteiger charge is -2.11. The van der Waals surface area contributed by atoms with Crippen LogP contribution in [0.1, 0.15) is 11.1 Å². The Morgan fingerprint density at radius 1 is 1.24 bits per heavy atom. The van der Waals surface area contributed by atoms with E-state index < -0.39 is 4.92 Å². The van der Waals surface area contributed by atoms with Gasteiger partial charge in [-0.1, -0.05) is 29.3 Å². The van der Waals surface area contributed by atoms with Gasteiger partial charge in [0.15, 0.2) is 0 Å². The topological polar surface area (TPSA) is 55.2 Å². The molecule has 2 rings (SSSR count). The molecule has 110 valence electrons. The maximum absolute atomic E-state index is 10.8. The van der Waals surface area contributed by atoms with Gasteiger partial charge in [0, 0.05) is 22.8 Å². The van der Waals surface area contributed by atoms with E-state index in [1.165, 1.54) is 6.07 Å². The highest BCUT2D eigenvalue weighted by molar-refractivity contribution is 9.10. The molecule has 1 N–H and O–H groups in total. The number of hydrogen-bond donors (Lipinski definition) is 1. The molecule has 0 aliphatic carbocycles. The van der Waals surface area contributed by atoms with Gasteiger partial charge in [0.2, 0.25) is 0 Å². The molecule has 0 aromatic heterocycles. The Morgan fingerprint density at radius 3 is 2.57 bits per heavy atom. The van der Waals surface area contributed by atoms with Crippen LogP contribution in [0.4, 0.5) is 11.4 Å². The number of anilines is 1. The average molecular weight is 390 g/mol. The molecule has 0 aliphatic rings. The number of halogens is 3. The lowest BCUT2D eigenvalue weighted by Crippen LogP contribution is -2.02. The van der Waals surface area contributed by atoms with Crippen LogP contribution >= 0.6 is 39.1 Å². The summed E-state index contributed by atoms with van der Waals surface area (Å²) >= 11 is 15.2. The SMILES string of the molecule is Cc1cc([N+](=O)[O-])c(Cl)cc1NCc1ccc(Cl)c(Br)c1. The number of rotatable bonds is 4. The van der Waals surface area contributed by atoms with Crippen LogP contribution < -0.4 is 5.32 Å². The third-order valence-corrected chi connectivity index (χ3v) is 4.47. The summed E-state index contributed by atoms with van der Waals surface area (Å²) in [6.45, 7) is 2.36. The molecule has 0 spiro atoms. The average Bonchev–Trinajstić information content (AvgIpc) is 2.42. The summed E-state index contributed by atoms with van der Waals surface area (Å²) in [6, 6.07) is 8.65. The molecule has 21 heavy (non-hydrogen) atoms. The Labute approximate surface area is 140 Å². The second-order valence-corrected chi connectivity index (χ2v) is 6.15. The highest BCUT2D eigenvalue weighted by atomic mass is 79.9. The van der Waals surface area contributed by atoms with Crippen LogP contribution in [-0.2, 0) is 6.54 Å². The predicted molar refractivity (Wildman–Crippen MR) is 89.3 cm³/mol. The highest BCUT2D eigenvalue weighted by Crippen LogP contribution is 2.31. The molecule has 0 amide bonds. The van der Waals surface area contributed by atoms with E-state index in [1.54, 1.807) is 19.1 Å². The summed E-state index contributed by atoms with van der Waals surface area (Å²) in [5.41, 5.74) is 2.46. The second kappa shape index (κ2) is 6.64. The fourth-order valence-corrected chi connectivity index (χ4v) is 2.62. The molecule has 0 fully saturated rings. The third-order valence-electron chi connectivity index (χ3n) is 2.96. The Kier molecular flexibility index (Phi) is 5.08. The first kappa shape index (κ1) is 16.1. The number of aryl methyl sites for hydroxylation is 1. The zero-order chi connectivity index (χ0) is 15.6. The van der Waals surface area contributed by atoms with Crippen LogP contribution in [0.15, 0.2) is 34.8 Å². The molecule has 0 unspecified atom stereocenters. The monoisotopic (exact) mass is 388 g/mol. The van der Waals surface area contributed by atoms with Crippen molar-refractivity contribution in [1.82, 2.24) is 0 Å². The van der Waals surface area contributed by atoms with Crippen LogP contribution in [0.3, 0.4) is 0 Å². The van der Waals surface area contributed by atoms with Gasteiger partial charge in [0.1, 0.15) is 5.02 Å². The minimum absolute atomic E-state index is 0.0889. The quantitative estimate of drug-likeness (QED) is 0.548. The Balaban J connectivity index is 2.18. The zero-order valence-electron chi connectivity index (χ0n) is 11.0. The summed E-state index contributed by atoms with van der Waals surface area (Å²) in [5, 5.41) is 14.8. The van der Waals surface area contributed by atoms with E-state index in [2.05, 4.69) is 21.2 Å². The lowest BCUT2D eigenvalue weighted by atomic mass is 10.1. The lowest BCUT2D eigenvalue weighted by molar-refractivity contribution is -0.384. The van der Waals surface area contributed by atoms with E-state index in [9.17, 15) is 10.1 Å². The summed E-state index contributed by atoms with van der Waals surface area (Å²) < 4.78 is 0.821. The van der Waals surface area contributed by atoms with Gasteiger partial charge < -0.3 is 5.32 Å². The Hall–Kier alpha value is -1.30. The number of nitro benzene ring substituents is 1. The minimum atomic E-state index is -0.491. The van der Waals surface area contributed by atoms with E-state index >= 15 is 0 Å². The highest BCUT2D eigenvalue weighted by Gasteiger charge is 2.14. The van der Waals surface area contributed by atoms with Crippen LogP contribution in [0.2, 0.25) is 10.0 Å². The van der Waals surface area contributed by atoms with E-state index in [0.29, 0.717) is 11.6 Å². The van der Waals surface area contributed by atoms with E-state index in [1.807, 2.05) is 12.1 Å². The van der Waals surface area contributed by atoms with Gasteiger partial charge in [-0.2, -0.15) is 0 Å². The van der Waals surface area contributed by atoms with Gasteiger partial charge in [-0.3, -0.25) is 10.1 Å². The number of benzene rings is 2. The van der Waals surface area contributed by atoms with Crippen molar-refractivity contribution in [3.63, 3.8) is 0 Å². The maximum Gasteiger partial charge on any atom is 0.288 e. The van der Waals surface area contributed by atoms with Crippen molar-refractivity contribution < 1.29 is 4.92 Å². The van der Waals surface area contributed by atoms with Crippen LogP contribution in [-0.4, -0.2) is 4.92 Å². The summed E-state index contributed by atoms with van der Waals surface area (Å²) in [6.07, 6.45) is 0. The van der Waals surface area contributed by atoms with Crippen molar-refractivity contribution in [2.24, 2.45) is 0 Å². The van der Waals surface area contributed by atoms with Crippen molar-refractivity contribution in [3.8, 4) is 0 Å². The summed E-state index contributed by atoms with van der Waals surface area (Å²) in [7, 11) is 0. The van der Waals surface area contributed by atoms with Crippen LogP contribution in [0, 0.1) is 17.0 Å². The van der Waals surface area contributed by atoms with Gasteiger partial charge in [0.05, 0.1) is 9.95 Å². The summed E-state index contributed by atoms with van der Waals surface area (Å²) in [4.78, 5) is 10.3. The maximum atomic E-state index is 10.8. The standard InChI is InChI=1S/C14H11BrCl2N2O2/c1-8-4-14(19(20)21)12(17)6-13(8)18-7-9-2-3-11(16)10(15)5-9/h2-6,18H,7H2,1H3. The Morgan fingerprint density at radius 2 is 1.95 bits per heavy atom. The molecule has 0 atom stereocenters. The number of nitro groups is 1. The van der Waals surface area contributed by atoms with Crippen molar-refractivity contribution >= 4 is 50.5 Å². The Bertz CT molecular complexity index is 708. The van der Waals surface area contributed by atoms with Crippen molar-refractivity contribution in [2.75, 3.05) is 5.32 Å². The molecule has 2 aromatic rings. The molecule has 4 nitrogen and oxygen atoms in total. The fourth-order valence-electron chi connectivity index (χ4n) is 1.84. The molecule has 0 aliphatic heterocycles. The molecule has 0 bridgehead atoms. The molecule has 0 heterocycles. The van der Waals surface area contributed by atoms with Crippen molar-refractivity contribution in [1.29, 1.82) is 0 Å². The molecule has 0 radical (unpaired) electrons. The van der Waals surface area contributed by atoms with Gasteiger partial charge in [-0.15, -0.1) is 0 Å². The summed E-state index contributed by atoms with van der Waals surface area (Å²) in [5.74, 6) is 0. The smallest absolute Gasteiger partial charge is 0.288 e. The normalized spacial score (nSPS) is 10.5. The molecule has 7 heteroatoms. The van der Waals surface area contributed by atoms with Crippen molar-refractivity contribution in [2.45, 2.75) is 13.5 Å². The molecule has 2 aromatic carbocycles. The van der Waals surface area contributed by atoms with Gasteiger partial charge >= 0.3 is 0 Å². The zero-order valence-corrected chi connectivity index (χ0v) is 14.1. The first-order valence-corrected chi connectivity index (χ1v) is 7.55. The van der Waals surface area contributed by atoms with E-state index in [-0.39, 0.29) is 10.7 Å². The van der Waals surface area contributed by atoms with E-state index in [0.717, 1.165) is 21.3 Å². The first-order chi connectivity index (χ1) is 9.88. The predicted octanol–water partition coefficient (Wildman–Crippen LogP) is 5.58. The van der Waals surface area contributed by atoms with Crippen molar-refractivity contribution in [3.05, 3.63) is 66.1 Å². The first-order valence-electron chi connectivity index (χ1n) is 6.01. The fraction of sp³-hybridized carbons (Fsp3) is 0.143. The van der Waals surface area contributed by atoms with Crippen LogP contribution in [0.25, 0.3) is 0 Å². The molecule has 0 saturated carbocycles. The third kappa shape index (κ3) is 3.87. The largest absolute Gasteiger partial charge is 0.381 e.